The standard InChI is InChI=1S/C14H18FN3OS/c1-9-7-10(5-6-11(9)15)19-13-18-17-12(20-13)8-16-14(2,3)4/h5-7,16H,8H2,1-4H3. The Bertz CT molecular complexity index is 592. The first-order chi connectivity index (χ1) is 9.33. The van der Waals surface area contributed by atoms with Crippen LogP contribution in [0.1, 0.15) is 31.3 Å². The number of aryl methyl sites for hydroxylation is 1. The SMILES string of the molecule is Cc1cc(Oc2nnc(CNC(C)(C)C)s2)ccc1F. The largest absolute Gasteiger partial charge is 0.430 e. The molecule has 0 aliphatic carbocycles. The summed E-state index contributed by atoms with van der Waals surface area (Å²) in [5, 5.41) is 12.7. The Morgan fingerprint density at radius 2 is 2.05 bits per heavy atom. The zero-order chi connectivity index (χ0) is 14.8. The number of hydrogen-bond acceptors (Lipinski definition) is 5. The van der Waals surface area contributed by atoms with Gasteiger partial charge < -0.3 is 10.1 Å². The highest BCUT2D eigenvalue weighted by atomic mass is 32.1. The van der Waals surface area contributed by atoms with Gasteiger partial charge in [-0.1, -0.05) is 16.4 Å². The van der Waals surface area contributed by atoms with Gasteiger partial charge in [-0.3, -0.25) is 0 Å². The van der Waals surface area contributed by atoms with Crippen LogP contribution in [0.3, 0.4) is 0 Å². The number of aromatic nitrogens is 2. The molecule has 0 saturated heterocycles. The summed E-state index contributed by atoms with van der Waals surface area (Å²) in [6.07, 6.45) is 0. The molecule has 0 unspecified atom stereocenters. The fourth-order valence-corrected chi connectivity index (χ4v) is 2.12. The van der Waals surface area contributed by atoms with Crippen molar-refractivity contribution in [1.29, 1.82) is 0 Å². The molecule has 0 atom stereocenters. The van der Waals surface area contributed by atoms with E-state index in [0.717, 1.165) is 5.01 Å². The van der Waals surface area contributed by atoms with Crippen molar-refractivity contribution in [3.8, 4) is 10.9 Å². The zero-order valence-corrected chi connectivity index (χ0v) is 12.8. The maximum atomic E-state index is 13.2. The van der Waals surface area contributed by atoms with Gasteiger partial charge in [-0.25, -0.2) is 4.39 Å². The topological polar surface area (TPSA) is 47.0 Å². The Hall–Kier alpha value is -1.53. The van der Waals surface area contributed by atoms with Crippen LogP contribution in [0.5, 0.6) is 10.9 Å². The molecule has 0 amide bonds. The molecule has 0 fully saturated rings. The molecule has 0 aliphatic heterocycles. The van der Waals surface area contributed by atoms with Gasteiger partial charge in [-0.2, -0.15) is 0 Å². The molecule has 0 spiro atoms. The van der Waals surface area contributed by atoms with Crippen molar-refractivity contribution in [1.82, 2.24) is 15.5 Å². The molecule has 1 heterocycles. The second-order valence-electron chi connectivity index (χ2n) is 5.58. The third kappa shape index (κ3) is 4.25. The van der Waals surface area contributed by atoms with Crippen LogP contribution in [0, 0.1) is 12.7 Å². The van der Waals surface area contributed by atoms with E-state index in [0.29, 0.717) is 23.1 Å². The molecule has 0 bridgehead atoms. The van der Waals surface area contributed by atoms with Crippen molar-refractivity contribution in [2.24, 2.45) is 0 Å². The number of halogens is 1. The second kappa shape index (κ2) is 5.85. The summed E-state index contributed by atoms with van der Waals surface area (Å²) in [5.74, 6) is 0.320. The molecule has 4 nitrogen and oxygen atoms in total. The first kappa shape index (κ1) is 14.9. The predicted octanol–water partition coefficient (Wildman–Crippen LogP) is 3.67. The maximum absolute atomic E-state index is 13.2. The minimum absolute atomic E-state index is 0.0285. The lowest BCUT2D eigenvalue weighted by Gasteiger charge is -2.19. The molecule has 1 aromatic heterocycles. The lowest BCUT2D eigenvalue weighted by Crippen LogP contribution is -2.35. The Morgan fingerprint density at radius 3 is 2.70 bits per heavy atom. The molecule has 1 N–H and O–H groups in total. The van der Waals surface area contributed by atoms with Gasteiger partial charge in [-0.15, -0.1) is 5.10 Å². The molecule has 2 rings (SSSR count). The van der Waals surface area contributed by atoms with E-state index >= 15 is 0 Å². The van der Waals surface area contributed by atoms with Gasteiger partial charge >= 0.3 is 0 Å². The minimum Gasteiger partial charge on any atom is -0.430 e. The molecular formula is C14H18FN3OS. The molecule has 0 aliphatic rings. The van der Waals surface area contributed by atoms with E-state index in [1.807, 2.05) is 0 Å². The van der Waals surface area contributed by atoms with Crippen molar-refractivity contribution in [2.45, 2.75) is 39.8 Å². The van der Waals surface area contributed by atoms with Crippen LogP contribution in [0.2, 0.25) is 0 Å². The molecular weight excluding hydrogens is 277 g/mol. The third-order valence-electron chi connectivity index (χ3n) is 2.55. The van der Waals surface area contributed by atoms with Crippen LogP contribution in [-0.2, 0) is 6.54 Å². The summed E-state index contributed by atoms with van der Waals surface area (Å²) in [6, 6.07) is 4.61. The normalized spacial score (nSPS) is 11.7. The monoisotopic (exact) mass is 295 g/mol. The van der Waals surface area contributed by atoms with E-state index < -0.39 is 0 Å². The Kier molecular flexibility index (Phi) is 4.35. The molecule has 0 radical (unpaired) electrons. The molecule has 0 saturated carbocycles. The van der Waals surface area contributed by atoms with Gasteiger partial charge in [0.25, 0.3) is 5.19 Å². The van der Waals surface area contributed by atoms with Crippen LogP contribution < -0.4 is 10.1 Å². The second-order valence-corrected chi connectivity index (χ2v) is 6.60. The molecule has 108 valence electrons. The van der Waals surface area contributed by atoms with Gasteiger partial charge in [0.15, 0.2) is 0 Å². The van der Waals surface area contributed by atoms with Gasteiger partial charge in [0, 0.05) is 5.54 Å². The van der Waals surface area contributed by atoms with Crippen LogP contribution in [0.15, 0.2) is 18.2 Å². The van der Waals surface area contributed by atoms with E-state index in [1.165, 1.54) is 17.4 Å². The minimum atomic E-state index is -0.246. The van der Waals surface area contributed by atoms with Crippen LogP contribution >= 0.6 is 11.3 Å². The summed E-state index contributed by atoms with van der Waals surface area (Å²) in [5.41, 5.74) is 0.572. The molecule has 1 aromatic carbocycles. The number of rotatable bonds is 4. The quantitative estimate of drug-likeness (QED) is 0.935. The van der Waals surface area contributed by atoms with Gasteiger partial charge in [0.1, 0.15) is 16.6 Å². The summed E-state index contributed by atoms with van der Waals surface area (Å²) in [7, 11) is 0. The Labute approximate surface area is 122 Å². The van der Waals surface area contributed by atoms with E-state index in [2.05, 4.69) is 36.3 Å². The highest BCUT2D eigenvalue weighted by molar-refractivity contribution is 7.13. The fourth-order valence-electron chi connectivity index (χ4n) is 1.47. The lowest BCUT2D eigenvalue weighted by atomic mass is 10.1. The van der Waals surface area contributed by atoms with Crippen molar-refractivity contribution in [3.63, 3.8) is 0 Å². The molecule has 2 aromatic rings. The third-order valence-corrected chi connectivity index (χ3v) is 3.35. The van der Waals surface area contributed by atoms with Gasteiger partial charge in [0.05, 0.1) is 6.54 Å². The van der Waals surface area contributed by atoms with Crippen LogP contribution in [-0.4, -0.2) is 15.7 Å². The van der Waals surface area contributed by atoms with Crippen LogP contribution in [0.25, 0.3) is 0 Å². The highest BCUT2D eigenvalue weighted by Crippen LogP contribution is 2.26. The van der Waals surface area contributed by atoms with E-state index in [9.17, 15) is 4.39 Å². The number of ether oxygens (including phenoxy) is 1. The molecule has 20 heavy (non-hydrogen) atoms. The number of hydrogen-bond donors (Lipinski definition) is 1. The first-order valence-corrected chi connectivity index (χ1v) is 7.16. The summed E-state index contributed by atoms with van der Waals surface area (Å²) in [6.45, 7) is 8.61. The summed E-state index contributed by atoms with van der Waals surface area (Å²) < 4.78 is 18.7. The van der Waals surface area contributed by atoms with Crippen molar-refractivity contribution in [2.75, 3.05) is 0 Å². The van der Waals surface area contributed by atoms with Crippen molar-refractivity contribution >= 4 is 11.3 Å². The van der Waals surface area contributed by atoms with Crippen molar-refractivity contribution in [3.05, 3.63) is 34.6 Å². The molecule has 6 heteroatoms. The zero-order valence-electron chi connectivity index (χ0n) is 12.0. The first-order valence-electron chi connectivity index (χ1n) is 6.35. The Morgan fingerprint density at radius 1 is 1.30 bits per heavy atom. The summed E-state index contributed by atoms with van der Waals surface area (Å²) >= 11 is 1.38. The summed E-state index contributed by atoms with van der Waals surface area (Å²) in [4.78, 5) is 0. The number of nitrogens with zero attached hydrogens (tertiary/aromatic N) is 2. The average Bonchev–Trinajstić information content (AvgIpc) is 2.78. The van der Waals surface area contributed by atoms with E-state index in [1.54, 1.807) is 19.1 Å². The smallest absolute Gasteiger partial charge is 0.299 e. The van der Waals surface area contributed by atoms with Gasteiger partial charge in [-0.05, 0) is 51.5 Å². The maximum Gasteiger partial charge on any atom is 0.299 e. The predicted molar refractivity (Wildman–Crippen MR) is 77.7 cm³/mol. The van der Waals surface area contributed by atoms with E-state index in [-0.39, 0.29) is 11.4 Å². The fraction of sp³-hybridized carbons (Fsp3) is 0.429. The van der Waals surface area contributed by atoms with E-state index in [4.69, 9.17) is 4.74 Å². The van der Waals surface area contributed by atoms with Gasteiger partial charge in [0.2, 0.25) is 0 Å². The lowest BCUT2D eigenvalue weighted by molar-refractivity contribution is 0.423. The highest BCUT2D eigenvalue weighted by Gasteiger charge is 2.12. The van der Waals surface area contributed by atoms with Crippen LogP contribution in [0.4, 0.5) is 4.39 Å². The van der Waals surface area contributed by atoms with Crippen molar-refractivity contribution < 1.29 is 9.13 Å². The number of benzene rings is 1. The average molecular weight is 295 g/mol. The Balaban J connectivity index is 2.00. The number of nitrogens with one attached hydrogen (secondary N) is 1.